The Morgan fingerprint density at radius 1 is 0.861 bits per heavy atom. The van der Waals surface area contributed by atoms with Crippen LogP contribution in [0.1, 0.15) is 43.8 Å². The highest BCUT2D eigenvalue weighted by Gasteiger charge is 2.19. The molecule has 3 aromatic heterocycles. The summed E-state index contributed by atoms with van der Waals surface area (Å²) in [5.74, 6) is 1.54. The fraction of sp³-hybridized carbons (Fsp3) is 0.143. The fourth-order valence-electron chi connectivity index (χ4n) is 3.99. The van der Waals surface area contributed by atoms with Crippen molar-refractivity contribution >= 4 is 28.3 Å². The molecular weight excluding hydrogens is 456 g/mol. The van der Waals surface area contributed by atoms with Crippen molar-refractivity contribution < 1.29 is 18.4 Å². The lowest BCUT2D eigenvalue weighted by atomic mass is 10.1. The van der Waals surface area contributed by atoms with E-state index in [1.54, 1.807) is 45.2 Å². The van der Waals surface area contributed by atoms with Gasteiger partial charge in [0, 0.05) is 11.6 Å². The summed E-state index contributed by atoms with van der Waals surface area (Å²) in [6.07, 6.45) is 1.68. The Bertz CT molecular complexity index is 1600. The zero-order valence-corrected chi connectivity index (χ0v) is 20.1. The van der Waals surface area contributed by atoms with Crippen LogP contribution in [0.2, 0.25) is 0 Å². The van der Waals surface area contributed by atoms with Crippen molar-refractivity contribution in [3.8, 4) is 11.5 Å². The second-order valence-corrected chi connectivity index (χ2v) is 8.45. The van der Waals surface area contributed by atoms with Crippen molar-refractivity contribution in [1.29, 1.82) is 0 Å². The normalized spacial score (nSPS) is 11.0. The summed E-state index contributed by atoms with van der Waals surface area (Å²) in [6, 6.07) is 18.4. The van der Waals surface area contributed by atoms with Gasteiger partial charge in [-0.2, -0.15) is 0 Å². The maximum Gasteiger partial charge on any atom is 0.270 e. The number of hydrogen-bond acceptors (Lipinski definition) is 6. The highest BCUT2D eigenvalue weighted by atomic mass is 16.4. The first-order valence-corrected chi connectivity index (χ1v) is 11.5. The molecule has 0 saturated heterocycles. The van der Waals surface area contributed by atoms with Crippen LogP contribution >= 0.6 is 0 Å². The summed E-state index contributed by atoms with van der Waals surface area (Å²) in [5, 5.41) is 7.69. The molecule has 0 aliphatic carbocycles. The molecule has 0 aliphatic heterocycles. The van der Waals surface area contributed by atoms with Gasteiger partial charge >= 0.3 is 0 Å². The number of fused-ring (bicyclic) bond motifs is 1. The van der Waals surface area contributed by atoms with Gasteiger partial charge in [-0.05, 0) is 50.4 Å². The van der Waals surface area contributed by atoms with E-state index in [0.29, 0.717) is 51.4 Å². The van der Waals surface area contributed by atoms with E-state index < -0.39 is 0 Å². The summed E-state index contributed by atoms with van der Waals surface area (Å²) in [4.78, 5) is 34.4. The maximum atomic E-state index is 12.8. The van der Waals surface area contributed by atoms with Crippen molar-refractivity contribution in [3.05, 3.63) is 101 Å². The van der Waals surface area contributed by atoms with Gasteiger partial charge in [-0.25, -0.2) is 4.98 Å². The first-order chi connectivity index (χ1) is 17.4. The van der Waals surface area contributed by atoms with Crippen LogP contribution in [0.25, 0.3) is 22.2 Å². The number of pyridine rings is 1. The molecule has 5 aromatic rings. The van der Waals surface area contributed by atoms with Crippen LogP contribution in [0.15, 0.2) is 75.7 Å². The van der Waals surface area contributed by atoms with E-state index in [2.05, 4.69) is 20.6 Å². The molecule has 36 heavy (non-hydrogen) atoms. The smallest absolute Gasteiger partial charge is 0.270 e. The SMILES string of the molecule is Cc1cc(C(=O)Nc2ccccc2-c2nc(CNC(=O)c3cc4ccccc4cn3)c(C)o2)c(C)o1. The largest absolute Gasteiger partial charge is 0.466 e. The molecule has 3 heterocycles. The van der Waals surface area contributed by atoms with Gasteiger partial charge in [-0.15, -0.1) is 0 Å². The summed E-state index contributed by atoms with van der Waals surface area (Å²) >= 11 is 0. The number of aryl methyl sites for hydroxylation is 3. The Labute approximate surface area is 207 Å². The van der Waals surface area contributed by atoms with Crippen molar-refractivity contribution in [2.45, 2.75) is 27.3 Å². The van der Waals surface area contributed by atoms with Crippen LogP contribution < -0.4 is 10.6 Å². The quantitative estimate of drug-likeness (QED) is 0.328. The number of aromatic nitrogens is 2. The lowest BCUT2D eigenvalue weighted by Gasteiger charge is -2.08. The second-order valence-electron chi connectivity index (χ2n) is 8.45. The van der Waals surface area contributed by atoms with Crippen LogP contribution in [0.5, 0.6) is 0 Å². The summed E-state index contributed by atoms with van der Waals surface area (Å²) in [5.41, 5.74) is 2.56. The second kappa shape index (κ2) is 9.50. The number of hydrogen-bond donors (Lipinski definition) is 2. The maximum absolute atomic E-state index is 12.8. The van der Waals surface area contributed by atoms with E-state index in [-0.39, 0.29) is 18.4 Å². The molecular formula is C28H24N4O4. The molecule has 0 fully saturated rings. The number of para-hydroxylation sites is 1. The number of rotatable bonds is 6. The minimum Gasteiger partial charge on any atom is -0.466 e. The molecule has 2 aromatic carbocycles. The summed E-state index contributed by atoms with van der Waals surface area (Å²) < 4.78 is 11.4. The number of furan rings is 1. The highest BCUT2D eigenvalue weighted by Crippen LogP contribution is 2.29. The molecule has 5 rings (SSSR count). The zero-order chi connectivity index (χ0) is 25.2. The number of amides is 2. The molecule has 2 amide bonds. The molecule has 8 heteroatoms. The van der Waals surface area contributed by atoms with Crippen molar-refractivity contribution in [3.63, 3.8) is 0 Å². The average Bonchev–Trinajstić information content (AvgIpc) is 3.42. The first-order valence-electron chi connectivity index (χ1n) is 11.5. The summed E-state index contributed by atoms with van der Waals surface area (Å²) in [7, 11) is 0. The van der Waals surface area contributed by atoms with Gasteiger partial charge in [0.1, 0.15) is 28.7 Å². The number of nitrogens with zero attached hydrogens (tertiary/aromatic N) is 2. The standard InChI is InChI=1S/C28H24N4O4/c1-16-12-22(17(2)35-16)26(33)31-23-11-7-6-10-21(23)28-32-25(18(3)36-28)15-30-27(34)24-13-19-8-4-5-9-20(19)14-29-24/h4-14H,15H2,1-3H3,(H,30,34)(H,31,33). The molecule has 0 aliphatic rings. The van der Waals surface area contributed by atoms with Gasteiger partial charge in [0.2, 0.25) is 5.89 Å². The molecule has 2 N–H and O–H groups in total. The van der Waals surface area contributed by atoms with Gasteiger partial charge in [-0.3, -0.25) is 14.6 Å². The Hall–Kier alpha value is -4.72. The average molecular weight is 481 g/mol. The number of oxazole rings is 1. The summed E-state index contributed by atoms with van der Waals surface area (Å²) in [6.45, 7) is 5.50. The molecule has 0 radical (unpaired) electrons. The Balaban J connectivity index is 1.33. The molecule has 0 atom stereocenters. The molecule has 0 spiro atoms. The first kappa shape index (κ1) is 23.0. The van der Waals surface area contributed by atoms with Crippen LogP contribution in [0.4, 0.5) is 5.69 Å². The number of carbonyl (C=O) groups is 2. The minimum atomic E-state index is -0.303. The van der Waals surface area contributed by atoms with E-state index in [4.69, 9.17) is 8.83 Å². The van der Waals surface area contributed by atoms with Crippen molar-refractivity contribution in [2.24, 2.45) is 0 Å². The van der Waals surface area contributed by atoms with Crippen LogP contribution in [0, 0.1) is 20.8 Å². The molecule has 180 valence electrons. The van der Waals surface area contributed by atoms with Crippen molar-refractivity contribution in [2.75, 3.05) is 5.32 Å². The van der Waals surface area contributed by atoms with Crippen LogP contribution in [-0.4, -0.2) is 21.8 Å². The number of anilines is 1. The Kier molecular flexibility index (Phi) is 6.08. The van der Waals surface area contributed by atoms with Crippen LogP contribution in [0.3, 0.4) is 0 Å². The number of carbonyl (C=O) groups excluding carboxylic acids is 2. The Morgan fingerprint density at radius 2 is 1.61 bits per heavy atom. The van der Waals surface area contributed by atoms with Gasteiger partial charge in [-0.1, -0.05) is 36.4 Å². The molecule has 0 bridgehead atoms. The van der Waals surface area contributed by atoms with Gasteiger partial charge in [0.25, 0.3) is 11.8 Å². The predicted octanol–water partition coefficient (Wildman–Crippen LogP) is 5.59. The predicted molar refractivity (Wildman–Crippen MR) is 136 cm³/mol. The third kappa shape index (κ3) is 4.61. The van der Waals surface area contributed by atoms with Gasteiger partial charge in [0.15, 0.2) is 0 Å². The zero-order valence-electron chi connectivity index (χ0n) is 20.1. The van der Waals surface area contributed by atoms with Crippen LogP contribution in [-0.2, 0) is 6.54 Å². The van der Waals surface area contributed by atoms with Crippen molar-refractivity contribution in [1.82, 2.24) is 15.3 Å². The number of benzene rings is 2. The molecule has 8 nitrogen and oxygen atoms in total. The highest BCUT2D eigenvalue weighted by molar-refractivity contribution is 6.06. The van der Waals surface area contributed by atoms with E-state index in [9.17, 15) is 9.59 Å². The molecule has 0 unspecified atom stereocenters. The van der Waals surface area contributed by atoms with Gasteiger partial charge in [0.05, 0.1) is 23.4 Å². The van der Waals surface area contributed by atoms with E-state index in [0.717, 1.165) is 10.8 Å². The Morgan fingerprint density at radius 3 is 2.39 bits per heavy atom. The van der Waals surface area contributed by atoms with E-state index >= 15 is 0 Å². The topological polar surface area (TPSA) is 110 Å². The lowest BCUT2D eigenvalue weighted by Crippen LogP contribution is -2.24. The minimum absolute atomic E-state index is 0.171. The third-order valence-corrected chi connectivity index (χ3v) is 5.86. The third-order valence-electron chi connectivity index (χ3n) is 5.86. The van der Waals surface area contributed by atoms with Gasteiger partial charge < -0.3 is 19.5 Å². The van der Waals surface area contributed by atoms with E-state index in [1.165, 1.54) is 0 Å². The number of nitrogens with one attached hydrogen (secondary N) is 2. The lowest BCUT2D eigenvalue weighted by molar-refractivity contribution is 0.0944. The van der Waals surface area contributed by atoms with E-state index in [1.807, 2.05) is 42.5 Å². The molecule has 0 saturated carbocycles. The fourth-order valence-corrected chi connectivity index (χ4v) is 3.99. The monoisotopic (exact) mass is 480 g/mol.